The lowest BCUT2D eigenvalue weighted by molar-refractivity contribution is 0.405. The van der Waals surface area contributed by atoms with E-state index in [9.17, 15) is 0 Å². The molecular formula is C11H12BrN3O. The summed E-state index contributed by atoms with van der Waals surface area (Å²) in [6.07, 6.45) is 1.33. The number of nitrogens with one attached hydrogen (secondary N) is 1. The number of hydrogen-bond donors (Lipinski definition) is 1. The van der Waals surface area contributed by atoms with Crippen LogP contribution in [0.3, 0.4) is 0 Å². The van der Waals surface area contributed by atoms with Crippen molar-refractivity contribution < 1.29 is 4.52 Å². The molecule has 0 aliphatic carbocycles. The van der Waals surface area contributed by atoms with Gasteiger partial charge in [-0.05, 0) is 24.6 Å². The number of benzene rings is 1. The van der Waals surface area contributed by atoms with Crippen molar-refractivity contribution in [3.8, 4) is 0 Å². The smallest absolute Gasteiger partial charge is 0.213 e. The van der Waals surface area contributed by atoms with Gasteiger partial charge in [-0.2, -0.15) is 4.98 Å². The summed E-state index contributed by atoms with van der Waals surface area (Å²) < 4.78 is 5.74. The molecule has 0 saturated carbocycles. The molecule has 4 nitrogen and oxygen atoms in total. The van der Waals surface area contributed by atoms with Gasteiger partial charge in [-0.15, -0.1) is 0 Å². The highest BCUT2D eigenvalue weighted by molar-refractivity contribution is 9.10. The van der Waals surface area contributed by atoms with Gasteiger partial charge in [0, 0.05) is 10.5 Å². The van der Waals surface area contributed by atoms with Crippen molar-refractivity contribution in [3.05, 3.63) is 46.5 Å². The lowest BCUT2D eigenvalue weighted by atomic mass is 10.1. The van der Waals surface area contributed by atoms with Gasteiger partial charge in [-0.1, -0.05) is 33.2 Å². The average Bonchev–Trinajstić information content (AvgIpc) is 2.78. The monoisotopic (exact) mass is 281 g/mol. The van der Waals surface area contributed by atoms with Crippen molar-refractivity contribution >= 4 is 15.9 Å². The van der Waals surface area contributed by atoms with Crippen molar-refractivity contribution in [2.24, 2.45) is 0 Å². The summed E-state index contributed by atoms with van der Waals surface area (Å²) in [6, 6.07) is 8.45. The molecule has 1 unspecified atom stereocenters. The lowest BCUT2D eigenvalue weighted by Crippen LogP contribution is -2.18. The molecule has 1 atom stereocenters. The van der Waals surface area contributed by atoms with Gasteiger partial charge in [0.05, 0.1) is 6.54 Å². The highest BCUT2D eigenvalue weighted by Crippen LogP contribution is 2.17. The molecule has 1 aromatic carbocycles. The summed E-state index contributed by atoms with van der Waals surface area (Å²) in [7, 11) is 0. The number of hydrogen-bond acceptors (Lipinski definition) is 4. The van der Waals surface area contributed by atoms with Crippen LogP contribution in [-0.2, 0) is 6.54 Å². The lowest BCUT2D eigenvalue weighted by Gasteiger charge is -2.12. The van der Waals surface area contributed by atoms with Gasteiger partial charge in [0.15, 0.2) is 5.82 Å². The predicted molar refractivity (Wildman–Crippen MR) is 63.7 cm³/mol. The molecule has 0 aliphatic heterocycles. The zero-order valence-electron chi connectivity index (χ0n) is 8.85. The molecule has 1 aromatic heterocycles. The van der Waals surface area contributed by atoms with Crippen LogP contribution in [0.5, 0.6) is 0 Å². The van der Waals surface area contributed by atoms with Crippen LogP contribution in [0.1, 0.15) is 24.4 Å². The van der Waals surface area contributed by atoms with E-state index in [1.807, 2.05) is 12.1 Å². The van der Waals surface area contributed by atoms with Crippen LogP contribution >= 0.6 is 15.9 Å². The third kappa shape index (κ3) is 2.90. The summed E-state index contributed by atoms with van der Waals surface area (Å²) in [5, 5.41) is 7.06. The standard InChI is InChI=1S/C11H12BrN3O/c1-8(9-3-2-4-10(12)5-9)13-6-11-14-7-16-15-11/h2-5,7-8,13H,6H2,1H3. The van der Waals surface area contributed by atoms with Crippen molar-refractivity contribution in [1.29, 1.82) is 0 Å². The third-order valence-electron chi connectivity index (χ3n) is 2.32. The van der Waals surface area contributed by atoms with E-state index in [2.05, 4.69) is 55.0 Å². The van der Waals surface area contributed by atoms with Crippen LogP contribution in [0.15, 0.2) is 39.7 Å². The number of rotatable bonds is 4. The second kappa shape index (κ2) is 5.23. The van der Waals surface area contributed by atoms with E-state index < -0.39 is 0 Å². The largest absolute Gasteiger partial charge is 0.343 e. The molecule has 0 spiro atoms. The molecule has 1 N–H and O–H groups in total. The van der Waals surface area contributed by atoms with E-state index in [0.717, 1.165) is 4.47 Å². The first-order chi connectivity index (χ1) is 7.75. The van der Waals surface area contributed by atoms with E-state index >= 15 is 0 Å². The van der Waals surface area contributed by atoms with E-state index in [0.29, 0.717) is 12.4 Å². The highest BCUT2D eigenvalue weighted by atomic mass is 79.9. The van der Waals surface area contributed by atoms with Crippen LogP contribution in [0, 0.1) is 0 Å². The van der Waals surface area contributed by atoms with E-state index in [-0.39, 0.29) is 6.04 Å². The Kier molecular flexibility index (Phi) is 3.69. The van der Waals surface area contributed by atoms with Crippen molar-refractivity contribution in [3.63, 3.8) is 0 Å². The predicted octanol–water partition coefficient (Wildman–Crippen LogP) is 2.68. The molecule has 2 aromatic rings. The maximum atomic E-state index is 4.66. The number of aromatic nitrogens is 2. The molecule has 0 fully saturated rings. The normalized spacial score (nSPS) is 12.6. The highest BCUT2D eigenvalue weighted by Gasteiger charge is 2.06. The summed E-state index contributed by atoms with van der Waals surface area (Å²) in [5.74, 6) is 0.668. The molecule has 16 heavy (non-hydrogen) atoms. The Balaban J connectivity index is 1.95. The minimum atomic E-state index is 0.246. The zero-order valence-corrected chi connectivity index (χ0v) is 10.4. The molecule has 0 amide bonds. The fourth-order valence-corrected chi connectivity index (χ4v) is 1.83. The van der Waals surface area contributed by atoms with Gasteiger partial charge in [-0.25, -0.2) is 0 Å². The van der Waals surface area contributed by atoms with Crippen molar-refractivity contribution in [1.82, 2.24) is 15.5 Å². The Morgan fingerprint density at radius 2 is 2.38 bits per heavy atom. The first-order valence-corrected chi connectivity index (χ1v) is 5.79. The van der Waals surface area contributed by atoms with E-state index in [1.165, 1.54) is 12.0 Å². The molecule has 2 rings (SSSR count). The van der Waals surface area contributed by atoms with Gasteiger partial charge in [-0.3, -0.25) is 0 Å². The molecule has 0 radical (unpaired) electrons. The van der Waals surface area contributed by atoms with Gasteiger partial charge >= 0.3 is 0 Å². The molecule has 1 heterocycles. The Hall–Kier alpha value is -1.20. The molecular weight excluding hydrogens is 270 g/mol. The Bertz CT molecular complexity index is 444. The second-order valence-corrected chi connectivity index (χ2v) is 4.42. The van der Waals surface area contributed by atoms with Gasteiger partial charge in [0.2, 0.25) is 6.39 Å². The Labute approximate surface area is 102 Å². The van der Waals surface area contributed by atoms with Gasteiger partial charge in [0.25, 0.3) is 0 Å². The molecule has 5 heteroatoms. The van der Waals surface area contributed by atoms with Crippen LogP contribution in [0.4, 0.5) is 0 Å². The Morgan fingerprint density at radius 1 is 1.50 bits per heavy atom. The molecule has 0 saturated heterocycles. The fourth-order valence-electron chi connectivity index (χ4n) is 1.41. The van der Waals surface area contributed by atoms with E-state index in [1.54, 1.807) is 0 Å². The third-order valence-corrected chi connectivity index (χ3v) is 2.82. The fraction of sp³-hybridized carbons (Fsp3) is 0.273. The second-order valence-electron chi connectivity index (χ2n) is 3.51. The van der Waals surface area contributed by atoms with Crippen LogP contribution in [-0.4, -0.2) is 10.1 Å². The summed E-state index contributed by atoms with van der Waals surface area (Å²) >= 11 is 3.45. The maximum Gasteiger partial charge on any atom is 0.213 e. The van der Waals surface area contributed by atoms with Crippen molar-refractivity contribution in [2.45, 2.75) is 19.5 Å². The number of halogens is 1. The maximum absolute atomic E-state index is 4.66. The zero-order chi connectivity index (χ0) is 11.4. The minimum Gasteiger partial charge on any atom is -0.343 e. The van der Waals surface area contributed by atoms with Crippen LogP contribution in [0.2, 0.25) is 0 Å². The summed E-state index contributed by atoms with van der Waals surface area (Å²) in [4.78, 5) is 3.95. The molecule has 0 bridgehead atoms. The van der Waals surface area contributed by atoms with Crippen LogP contribution in [0.25, 0.3) is 0 Å². The number of nitrogens with zero attached hydrogens (tertiary/aromatic N) is 2. The van der Waals surface area contributed by atoms with Crippen molar-refractivity contribution in [2.75, 3.05) is 0 Å². The van der Waals surface area contributed by atoms with Gasteiger partial charge in [0.1, 0.15) is 0 Å². The molecule has 0 aliphatic rings. The summed E-state index contributed by atoms with van der Waals surface area (Å²) in [5.41, 5.74) is 1.22. The first-order valence-electron chi connectivity index (χ1n) is 5.00. The summed E-state index contributed by atoms with van der Waals surface area (Å²) in [6.45, 7) is 2.70. The first kappa shape index (κ1) is 11.3. The van der Waals surface area contributed by atoms with E-state index in [4.69, 9.17) is 0 Å². The topological polar surface area (TPSA) is 51.0 Å². The molecule has 84 valence electrons. The SMILES string of the molecule is CC(NCc1ncon1)c1cccc(Br)c1. The quantitative estimate of drug-likeness (QED) is 0.936. The van der Waals surface area contributed by atoms with Gasteiger partial charge < -0.3 is 9.84 Å². The average molecular weight is 282 g/mol. The van der Waals surface area contributed by atoms with Crippen LogP contribution < -0.4 is 5.32 Å². The minimum absolute atomic E-state index is 0.246. The Morgan fingerprint density at radius 3 is 3.06 bits per heavy atom.